The summed E-state index contributed by atoms with van der Waals surface area (Å²) in [5.41, 5.74) is 13.6. The fourth-order valence-electron chi connectivity index (χ4n) is 11.1. The predicted molar refractivity (Wildman–Crippen MR) is 312 cm³/mol. The molecule has 0 fully saturated rings. The highest BCUT2D eigenvalue weighted by atomic mass is 32.3. The molecule has 0 aliphatic rings. The summed E-state index contributed by atoms with van der Waals surface area (Å²) < 4.78 is 8.18. The summed E-state index contributed by atoms with van der Waals surface area (Å²) in [4.78, 5) is 19.9. The molecule has 70 heavy (non-hydrogen) atoms. The molecule has 0 amide bonds. The molecule has 0 saturated carbocycles. The van der Waals surface area contributed by atoms with Crippen LogP contribution in [0.15, 0.2) is 51.1 Å². The normalized spacial score (nSPS) is 12.0. The molecule has 0 spiro atoms. The third kappa shape index (κ3) is 20.1. The summed E-state index contributed by atoms with van der Waals surface area (Å²) in [6.45, 7) is 23.4. The Morgan fingerprint density at radius 3 is 0.686 bits per heavy atom. The lowest BCUT2D eigenvalue weighted by atomic mass is 9.94. The van der Waals surface area contributed by atoms with Crippen LogP contribution in [-0.4, -0.2) is 5.97 Å². The standard InChI is InChI=1S/C67H112O2S/c1-11-21-30-40-55-49-58(43-33-24-14-4)65(59(50-55)44-34-25-15-5)70(69-64(68)39-20-10,66-60(45-35-26-16-6)51-56(41-31-22-12-2)52-61(66)46-36-27-17-7)67-62(47-37-28-18-8)53-57(42-32-23-13-3)54-63(67)48-38-29-19-9/h49-54H,11-48H2,1-10H3. The average Bonchev–Trinajstić information content (AvgIpc) is 3.34. The lowest BCUT2D eigenvalue weighted by molar-refractivity contribution is -0.133. The lowest BCUT2D eigenvalue weighted by Crippen LogP contribution is -2.23. The number of benzene rings is 3. The topological polar surface area (TPSA) is 26.3 Å². The molecule has 0 saturated heterocycles. The molecule has 398 valence electrons. The van der Waals surface area contributed by atoms with Gasteiger partial charge in [-0.25, -0.2) is 0 Å². The summed E-state index contributed by atoms with van der Waals surface area (Å²) in [6, 6.07) is 16.1. The molecule has 0 unspecified atom stereocenters. The molecule has 0 bridgehead atoms. The first-order valence-corrected chi connectivity index (χ1v) is 32.3. The van der Waals surface area contributed by atoms with Gasteiger partial charge < -0.3 is 4.18 Å². The van der Waals surface area contributed by atoms with E-state index in [9.17, 15) is 0 Å². The van der Waals surface area contributed by atoms with Crippen molar-refractivity contribution in [2.45, 2.75) is 328 Å². The van der Waals surface area contributed by atoms with Crippen LogP contribution in [0.4, 0.5) is 0 Å². The number of hydrogen-bond donors (Lipinski definition) is 0. The molecule has 3 heteroatoms. The van der Waals surface area contributed by atoms with Crippen LogP contribution in [0.25, 0.3) is 0 Å². The number of aryl methyl sites for hydroxylation is 9. The maximum absolute atomic E-state index is 15.5. The third-order valence-electron chi connectivity index (χ3n) is 14.9. The first-order valence-electron chi connectivity index (χ1n) is 30.8. The number of rotatable bonds is 42. The number of unbranched alkanes of at least 4 members (excludes halogenated alkanes) is 18. The van der Waals surface area contributed by atoms with E-state index in [1.807, 2.05) is 0 Å². The van der Waals surface area contributed by atoms with Crippen molar-refractivity contribution in [3.63, 3.8) is 0 Å². The van der Waals surface area contributed by atoms with Crippen LogP contribution in [0, 0.1) is 0 Å². The molecule has 0 aliphatic heterocycles. The first-order chi connectivity index (χ1) is 34.3. The zero-order valence-electron chi connectivity index (χ0n) is 48.1. The van der Waals surface area contributed by atoms with Gasteiger partial charge in [0.15, 0.2) is 0 Å². The van der Waals surface area contributed by atoms with Gasteiger partial charge in [-0.15, -0.1) is 0 Å². The Bertz CT molecular complexity index is 1560. The van der Waals surface area contributed by atoms with Crippen LogP contribution in [-0.2, 0) is 66.8 Å². The monoisotopic (exact) mass is 981 g/mol. The van der Waals surface area contributed by atoms with E-state index in [0.717, 1.165) is 64.2 Å². The Kier molecular flexibility index (Phi) is 32.9. The van der Waals surface area contributed by atoms with E-state index in [1.54, 1.807) is 0 Å². The van der Waals surface area contributed by atoms with Gasteiger partial charge in [0, 0.05) is 21.1 Å². The molecule has 0 atom stereocenters. The van der Waals surface area contributed by atoms with Crippen molar-refractivity contribution < 1.29 is 8.98 Å². The summed E-state index contributed by atoms with van der Waals surface area (Å²) in [5.74, 6) is 0.0145. The lowest BCUT2D eigenvalue weighted by Gasteiger charge is -2.47. The quantitative estimate of drug-likeness (QED) is 0.0529. The Morgan fingerprint density at radius 1 is 0.300 bits per heavy atom. The maximum atomic E-state index is 15.5. The highest BCUT2D eigenvalue weighted by Crippen LogP contribution is 2.75. The summed E-state index contributed by atoms with van der Waals surface area (Å²) in [7, 11) is -2.64. The largest absolute Gasteiger partial charge is 0.402 e. The summed E-state index contributed by atoms with van der Waals surface area (Å²) in [5, 5.41) is 0. The van der Waals surface area contributed by atoms with Crippen LogP contribution >= 0.6 is 10.3 Å². The van der Waals surface area contributed by atoms with Crippen LogP contribution in [0.1, 0.15) is 306 Å². The van der Waals surface area contributed by atoms with Crippen molar-refractivity contribution >= 4 is 16.3 Å². The maximum Gasteiger partial charge on any atom is 0.317 e. The number of carbonyl (C=O) groups is 1. The van der Waals surface area contributed by atoms with E-state index in [0.29, 0.717) is 6.42 Å². The molecule has 3 aromatic rings. The molecule has 0 heterocycles. The van der Waals surface area contributed by atoms with Gasteiger partial charge in [-0.3, -0.25) is 4.79 Å². The number of carbonyl (C=O) groups excluding carboxylic acids is 1. The van der Waals surface area contributed by atoms with E-state index in [1.165, 1.54) is 238 Å². The number of hydrogen-bond acceptors (Lipinski definition) is 2. The van der Waals surface area contributed by atoms with Crippen LogP contribution in [0.5, 0.6) is 0 Å². The predicted octanol–water partition coefficient (Wildman–Crippen LogP) is 21.8. The highest BCUT2D eigenvalue weighted by molar-refractivity contribution is 8.30. The van der Waals surface area contributed by atoms with Gasteiger partial charge in [0.2, 0.25) is 0 Å². The zero-order chi connectivity index (χ0) is 50.8. The Balaban J connectivity index is 2.97. The Hall–Kier alpha value is -2.52. The molecule has 0 aliphatic carbocycles. The summed E-state index contributed by atoms with van der Waals surface area (Å²) >= 11 is 0. The van der Waals surface area contributed by atoms with Gasteiger partial charge in [-0.05, 0) is 182 Å². The van der Waals surface area contributed by atoms with Crippen molar-refractivity contribution in [2.24, 2.45) is 0 Å². The van der Waals surface area contributed by atoms with Crippen LogP contribution < -0.4 is 0 Å². The second kappa shape index (κ2) is 37.2. The molecule has 0 aromatic heterocycles. The Morgan fingerprint density at radius 2 is 0.500 bits per heavy atom. The SMILES string of the molecule is CCCCCc1cc(CCCCC)c(S(OC(=O)CCC)(c2c(CCCCC)cc(CCCCC)cc2CCCCC)c2c(CCCCC)cc(CCCCC)cc2CCCCC)c(CCCCC)c1. The van der Waals surface area contributed by atoms with Gasteiger partial charge >= 0.3 is 5.97 Å². The molecule has 3 aromatic carbocycles. The van der Waals surface area contributed by atoms with Crippen molar-refractivity contribution in [2.75, 3.05) is 0 Å². The van der Waals surface area contributed by atoms with E-state index in [4.69, 9.17) is 4.18 Å². The van der Waals surface area contributed by atoms with Gasteiger partial charge in [-0.2, -0.15) is 0 Å². The van der Waals surface area contributed by atoms with E-state index in [2.05, 4.69) is 106 Å². The minimum Gasteiger partial charge on any atom is -0.402 e. The first kappa shape index (κ1) is 61.8. The minimum atomic E-state index is -2.64. The van der Waals surface area contributed by atoms with Crippen molar-refractivity contribution in [1.82, 2.24) is 0 Å². The fraction of sp³-hybridized carbons (Fsp3) is 0.716. The fourth-order valence-corrected chi connectivity index (χ4v) is 15.5. The molecule has 3 rings (SSSR count). The molecule has 0 N–H and O–H groups in total. The smallest absolute Gasteiger partial charge is 0.317 e. The average molecular weight is 982 g/mol. The van der Waals surface area contributed by atoms with Crippen molar-refractivity contribution in [1.29, 1.82) is 0 Å². The molecule has 0 radical (unpaired) electrons. The van der Waals surface area contributed by atoms with Crippen molar-refractivity contribution in [3.05, 3.63) is 86.5 Å². The molecule has 2 nitrogen and oxygen atoms in total. The minimum absolute atomic E-state index is 0.0145. The van der Waals surface area contributed by atoms with E-state index >= 15 is 4.79 Å². The van der Waals surface area contributed by atoms with Gasteiger partial charge in [-0.1, -0.05) is 221 Å². The second-order valence-electron chi connectivity index (χ2n) is 21.6. The van der Waals surface area contributed by atoms with Gasteiger partial charge in [0.25, 0.3) is 0 Å². The molecular weight excluding hydrogens is 869 g/mol. The van der Waals surface area contributed by atoms with E-state index in [-0.39, 0.29) is 5.97 Å². The second-order valence-corrected chi connectivity index (χ2v) is 24.1. The van der Waals surface area contributed by atoms with Gasteiger partial charge in [0.1, 0.15) is 0 Å². The zero-order valence-corrected chi connectivity index (χ0v) is 48.9. The molecular formula is C67H112O2S. The van der Waals surface area contributed by atoms with Crippen LogP contribution in [0.3, 0.4) is 0 Å². The third-order valence-corrected chi connectivity index (χ3v) is 18.7. The Labute approximate surface area is 437 Å². The highest BCUT2D eigenvalue weighted by Gasteiger charge is 2.45. The van der Waals surface area contributed by atoms with Crippen LogP contribution in [0.2, 0.25) is 0 Å². The van der Waals surface area contributed by atoms with E-state index < -0.39 is 10.3 Å². The van der Waals surface area contributed by atoms with Crippen molar-refractivity contribution in [3.8, 4) is 0 Å². The summed E-state index contributed by atoms with van der Waals surface area (Å²) in [6.07, 6.45) is 43.6. The van der Waals surface area contributed by atoms with Gasteiger partial charge in [0.05, 0.1) is 0 Å².